The lowest BCUT2D eigenvalue weighted by Crippen LogP contribution is -2.36. The number of rotatable bonds is 8. The topological polar surface area (TPSA) is 83.6 Å². The van der Waals surface area contributed by atoms with Crippen LogP contribution in [0.5, 0.6) is 0 Å². The minimum atomic E-state index is -4.45. The predicted octanol–water partition coefficient (Wildman–Crippen LogP) is 1.86. The molecule has 0 aromatic heterocycles. The smallest absolute Gasteiger partial charge is 0.252 e. The average molecular weight is 374 g/mol. The van der Waals surface area contributed by atoms with E-state index in [9.17, 15) is 30.0 Å². The molecule has 6 nitrogen and oxygen atoms in total. The molecular weight excluding hydrogens is 357 g/mol. The normalized spacial score (nSPS) is 12.8. The highest BCUT2D eigenvalue weighted by molar-refractivity contribution is 7.92. The van der Waals surface area contributed by atoms with E-state index in [1.54, 1.807) is 6.92 Å². The number of halogens is 3. The van der Waals surface area contributed by atoms with Gasteiger partial charge in [-0.15, -0.1) is 0 Å². The molecule has 0 saturated heterocycles. The van der Waals surface area contributed by atoms with Crippen molar-refractivity contribution in [1.82, 2.24) is 4.31 Å². The van der Waals surface area contributed by atoms with E-state index in [4.69, 9.17) is 0 Å². The molecule has 0 unspecified atom stereocenters. The maximum absolute atomic E-state index is 14.0. The second-order valence-electron chi connectivity index (χ2n) is 4.77. The lowest BCUT2D eigenvalue weighted by Gasteiger charge is -2.21. The Morgan fingerprint density at radius 3 is 2.26 bits per heavy atom. The molecule has 11 heteroatoms. The molecule has 0 aliphatic carbocycles. The second kappa shape index (κ2) is 7.49. The van der Waals surface area contributed by atoms with Crippen molar-refractivity contribution in [2.45, 2.75) is 24.7 Å². The van der Waals surface area contributed by atoms with Crippen molar-refractivity contribution < 1.29 is 30.0 Å². The van der Waals surface area contributed by atoms with Crippen LogP contribution in [0.3, 0.4) is 0 Å². The highest BCUT2D eigenvalue weighted by atomic mass is 32.2. The molecule has 0 radical (unpaired) electrons. The molecule has 1 rings (SSSR count). The molecule has 1 N–H and O–H groups in total. The van der Waals surface area contributed by atoms with Gasteiger partial charge in [0.1, 0.15) is 10.7 Å². The first-order valence-electron chi connectivity index (χ1n) is 6.53. The number of benzene rings is 1. The van der Waals surface area contributed by atoms with Gasteiger partial charge in [-0.25, -0.2) is 30.0 Å². The van der Waals surface area contributed by atoms with Gasteiger partial charge in [0.2, 0.25) is 20.0 Å². The van der Waals surface area contributed by atoms with Gasteiger partial charge in [0.25, 0.3) is 6.43 Å². The van der Waals surface area contributed by atoms with Crippen LogP contribution in [0.2, 0.25) is 0 Å². The number of alkyl halides is 2. The van der Waals surface area contributed by atoms with Crippen LogP contribution in [-0.2, 0) is 20.0 Å². The van der Waals surface area contributed by atoms with Crippen LogP contribution in [0.15, 0.2) is 23.1 Å². The molecule has 0 bridgehead atoms. The van der Waals surface area contributed by atoms with E-state index in [1.807, 2.05) is 4.72 Å². The first kappa shape index (κ1) is 19.7. The third kappa shape index (κ3) is 5.66. The number of sulfonamides is 2. The van der Waals surface area contributed by atoms with Crippen LogP contribution < -0.4 is 4.72 Å². The second-order valence-corrected chi connectivity index (χ2v) is 8.43. The third-order valence-corrected chi connectivity index (χ3v) is 5.17. The van der Waals surface area contributed by atoms with Crippen LogP contribution in [-0.4, -0.2) is 46.9 Å². The molecule has 0 amide bonds. The fourth-order valence-corrected chi connectivity index (χ4v) is 3.95. The summed E-state index contributed by atoms with van der Waals surface area (Å²) in [6, 6.07) is 2.57. The van der Waals surface area contributed by atoms with Gasteiger partial charge >= 0.3 is 0 Å². The monoisotopic (exact) mass is 374 g/mol. The summed E-state index contributed by atoms with van der Waals surface area (Å²) in [5, 5.41) is 0. The zero-order valence-corrected chi connectivity index (χ0v) is 14.1. The maximum Gasteiger partial charge on any atom is 0.252 e. The van der Waals surface area contributed by atoms with E-state index in [2.05, 4.69) is 0 Å². The van der Waals surface area contributed by atoms with E-state index < -0.39 is 43.7 Å². The molecule has 0 aliphatic rings. The molecule has 0 aliphatic heterocycles. The largest absolute Gasteiger partial charge is 0.284 e. The quantitative estimate of drug-likeness (QED) is 0.753. The molecule has 23 heavy (non-hydrogen) atoms. The average Bonchev–Trinajstić information content (AvgIpc) is 2.35. The van der Waals surface area contributed by atoms with Crippen molar-refractivity contribution in [2.75, 3.05) is 24.1 Å². The van der Waals surface area contributed by atoms with Gasteiger partial charge in [-0.3, -0.25) is 4.72 Å². The summed E-state index contributed by atoms with van der Waals surface area (Å²) >= 11 is 0. The summed E-state index contributed by atoms with van der Waals surface area (Å²) < 4.78 is 88.3. The molecule has 0 saturated carbocycles. The van der Waals surface area contributed by atoms with Crippen LogP contribution in [0, 0.1) is 5.82 Å². The minimum Gasteiger partial charge on any atom is -0.284 e. The van der Waals surface area contributed by atoms with Crippen molar-refractivity contribution in [3.05, 3.63) is 24.0 Å². The van der Waals surface area contributed by atoms with E-state index in [-0.39, 0.29) is 18.7 Å². The van der Waals surface area contributed by atoms with Gasteiger partial charge in [0.15, 0.2) is 0 Å². The van der Waals surface area contributed by atoms with Crippen molar-refractivity contribution in [3.63, 3.8) is 0 Å². The van der Waals surface area contributed by atoms with Crippen molar-refractivity contribution in [3.8, 4) is 0 Å². The summed E-state index contributed by atoms with van der Waals surface area (Å²) in [4.78, 5) is -0.786. The fraction of sp³-hybridized carbons (Fsp3) is 0.500. The summed E-state index contributed by atoms with van der Waals surface area (Å²) in [6.45, 7) is 0.373. The van der Waals surface area contributed by atoms with Gasteiger partial charge in [-0.05, 0) is 24.6 Å². The summed E-state index contributed by atoms with van der Waals surface area (Å²) in [5.41, 5.74) is -0.167. The van der Waals surface area contributed by atoms with Crippen molar-refractivity contribution in [1.29, 1.82) is 0 Å². The summed E-state index contributed by atoms with van der Waals surface area (Å²) in [5.74, 6) is -1.23. The Balaban J connectivity index is 3.21. The minimum absolute atomic E-state index is 0.167. The van der Waals surface area contributed by atoms with Crippen molar-refractivity contribution in [2.24, 2.45) is 0 Å². The lowest BCUT2D eigenvalue weighted by atomic mass is 10.3. The van der Waals surface area contributed by atoms with Crippen LogP contribution >= 0.6 is 0 Å². The lowest BCUT2D eigenvalue weighted by molar-refractivity contribution is 0.119. The number of hydrogen-bond donors (Lipinski definition) is 1. The van der Waals surface area contributed by atoms with Crippen molar-refractivity contribution >= 4 is 25.7 Å². The Hall–Kier alpha value is -1.33. The molecule has 1 aromatic carbocycles. The third-order valence-electron chi connectivity index (χ3n) is 2.67. The standard InChI is InChI=1S/C12H17F3N2O4S2/c1-3-6-17(8-12(14)15)23(20,21)11-5-4-9(7-10(11)13)16-22(2,18)19/h4-5,7,12,16H,3,6,8H2,1-2H3. The van der Waals surface area contributed by atoms with Crippen LogP contribution in [0.4, 0.5) is 18.9 Å². The summed E-state index contributed by atoms with van der Waals surface area (Å²) in [7, 11) is -8.11. The zero-order chi connectivity index (χ0) is 17.8. The highest BCUT2D eigenvalue weighted by Gasteiger charge is 2.29. The Morgan fingerprint density at radius 1 is 1.22 bits per heavy atom. The number of nitrogens with one attached hydrogen (secondary N) is 1. The van der Waals surface area contributed by atoms with Gasteiger partial charge in [0.05, 0.1) is 18.5 Å². The Morgan fingerprint density at radius 2 is 1.83 bits per heavy atom. The fourth-order valence-electron chi connectivity index (χ4n) is 1.84. The van der Waals surface area contributed by atoms with Crippen LogP contribution in [0.25, 0.3) is 0 Å². The van der Waals surface area contributed by atoms with E-state index in [1.165, 1.54) is 0 Å². The Kier molecular flexibility index (Phi) is 6.42. The Bertz CT molecular complexity index is 752. The van der Waals surface area contributed by atoms with E-state index in [0.29, 0.717) is 10.4 Å². The number of hydrogen-bond acceptors (Lipinski definition) is 4. The molecule has 1 aromatic rings. The zero-order valence-electron chi connectivity index (χ0n) is 12.5. The first-order valence-corrected chi connectivity index (χ1v) is 9.86. The van der Waals surface area contributed by atoms with Gasteiger partial charge in [-0.1, -0.05) is 6.92 Å². The molecule has 0 atom stereocenters. The number of nitrogens with zero attached hydrogens (tertiary/aromatic N) is 1. The van der Waals surface area contributed by atoms with E-state index in [0.717, 1.165) is 18.4 Å². The number of anilines is 1. The Labute approximate surface area is 133 Å². The molecule has 0 fully saturated rings. The maximum atomic E-state index is 14.0. The van der Waals surface area contributed by atoms with E-state index >= 15 is 0 Å². The predicted molar refractivity (Wildman–Crippen MR) is 79.9 cm³/mol. The first-order chi connectivity index (χ1) is 10.5. The molecule has 132 valence electrons. The van der Waals surface area contributed by atoms with Crippen LogP contribution in [0.1, 0.15) is 13.3 Å². The van der Waals surface area contributed by atoms with Gasteiger partial charge < -0.3 is 0 Å². The molecule has 0 spiro atoms. The highest BCUT2D eigenvalue weighted by Crippen LogP contribution is 2.23. The summed E-state index contributed by atoms with van der Waals surface area (Å²) in [6.07, 6.45) is -1.77. The van der Waals surface area contributed by atoms with Gasteiger partial charge in [-0.2, -0.15) is 4.31 Å². The molecular formula is C12H17F3N2O4S2. The molecule has 0 heterocycles. The SMILES string of the molecule is CCCN(CC(F)F)S(=O)(=O)c1ccc(NS(C)(=O)=O)cc1F. The van der Waals surface area contributed by atoms with Gasteiger partial charge in [0, 0.05) is 6.54 Å².